The SMILES string of the molecule is Cc1nonc1[C@H]1CCCN1Cc1cn(Cc2ccccc2)nc1-c1ccc2c(c1)OCO2. The zero-order valence-electron chi connectivity index (χ0n) is 18.5. The molecule has 0 bridgehead atoms. The molecule has 0 saturated carbocycles. The van der Waals surface area contributed by atoms with Gasteiger partial charge in [-0.25, -0.2) is 4.63 Å². The summed E-state index contributed by atoms with van der Waals surface area (Å²) in [5.41, 5.74) is 6.18. The van der Waals surface area contributed by atoms with Crippen LogP contribution in [-0.4, -0.2) is 38.3 Å². The zero-order valence-corrected chi connectivity index (χ0v) is 18.5. The number of aryl methyl sites for hydroxylation is 1. The lowest BCUT2D eigenvalue weighted by atomic mass is 10.1. The molecule has 1 fully saturated rings. The van der Waals surface area contributed by atoms with E-state index >= 15 is 0 Å². The molecule has 168 valence electrons. The van der Waals surface area contributed by atoms with Gasteiger partial charge in [0.05, 0.1) is 18.3 Å². The monoisotopic (exact) mass is 443 g/mol. The molecule has 33 heavy (non-hydrogen) atoms. The van der Waals surface area contributed by atoms with Crippen molar-refractivity contribution in [3.63, 3.8) is 0 Å². The van der Waals surface area contributed by atoms with E-state index in [1.807, 2.05) is 29.8 Å². The molecule has 1 saturated heterocycles. The van der Waals surface area contributed by atoms with Gasteiger partial charge in [-0.05, 0) is 50.1 Å². The van der Waals surface area contributed by atoms with E-state index in [-0.39, 0.29) is 12.8 Å². The number of hydrogen-bond acceptors (Lipinski definition) is 7. The molecule has 0 amide bonds. The number of rotatable bonds is 6. The van der Waals surface area contributed by atoms with Gasteiger partial charge in [0.15, 0.2) is 11.5 Å². The summed E-state index contributed by atoms with van der Waals surface area (Å²) in [7, 11) is 0. The Kier molecular flexibility index (Phi) is 5.07. The molecule has 8 nitrogen and oxygen atoms in total. The standard InChI is InChI=1S/C25H25N5O3/c1-17-24(28-33-27-17)21-8-5-11-29(21)14-20-15-30(13-18-6-3-2-4-7-18)26-25(20)19-9-10-22-23(12-19)32-16-31-22/h2-4,6-7,9-10,12,15,21H,5,8,11,13-14,16H2,1H3/t21-/m1/s1. The largest absolute Gasteiger partial charge is 0.454 e. The summed E-state index contributed by atoms with van der Waals surface area (Å²) in [5.74, 6) is 1.54. The van der Waals surface area contributed by atoms with E-state index in [1.165, 1.54) is 11.1 Å². The van der Waals surface area contributed by atoms with Gasteiger partial charge in [0.25, 0.3) is 0 Å². The van der Waals surface area contributed by atoms with Gasteiger partial charge in [-0.15, -0.1) is 0 Å². The molecule has 1 atom stereocenters. The molecule has 2 aliphatic rings. The summed E-state index contributed by atoms with van der Waals surface area (Å²) >= 11 is 0. The third-order valence-electron chi connectivity index (χ3n) is 6.41. The van der Waals surface area contributed by atoms with Crippen LogP contribution in [0.4, 0.5) is 0 Å². The molecular weight excluding hydrogens is 418 g/mol. The number of benzene rings is 2. The van der Waals surface area contributed by atoms with Crippen LogP contribution in [0.5, 0.6) is 11.5 Å². The minimum Gasteiger partial charge on any atom is -0.454 e. The highest BCUT2D eigenvalue weighted by atomic mass is 16.7. The first kappa shape index (κ1) is 20.0. The second kappa shape index (κ2) is 8.37. The maximum atomic E-state index is 5.62. The lowest BCUT2D eigenvalue weighted by Crippen LogP contribution is -2.23. The Balaban J connectivity index is 1.35. The van der Waals surface area contributed by atoms with E-state index in [1.54, 1.807) is 0 Å². The van der Waals surface area contributed by atoms with Gasteiger partial charge >= 0.3 is 0 Å². The molecule has 6 rings (SSSR count). The van der Waals surface area contributed by atoms with E-state index in [0.29, 0.717) is 6.54 Å². The number of aromatic nitrogens is 4. The van der Waals surface area contributed by atoms with Crippen molar-refractivity contribution in [2.24, 2.45) is 0 Å². The van der Waals surface area contributed by atoms with Crippen molar-refractivity contribution in [1.29, 1.82) is 0 Å². The molecule has 4 aromatic rings. The second-order valence-corrected chi connectivity index (χ2v) is 8.62. The Bertz CT molecular complexity index is 1270. The minimum absolute atomic E-state index is 0.207. The summed E-state index contributed by atoms with van der Waals surface area (Å²) in [5, 5.41) is 13.2. The summed E-state index contributed by atoms with van der Waals surface area (Å²) < 4.78 is 18.1. The van der Waals surface area contributed by atoms with Crippen LogP contribution in [0.15, 0.2) is 59.4 Å². The Morgan fingerprint density at radius 1 is 1.00 bits per heavy atom. The molecule has 2 aromatic heterocycles. The van der Waals surface area contributed by atoms with Gasteiger partial charge in [-0.1, -0.05) is 40.6 Å². The number of hydrogen-bond donors (Lipinski definition) is 0. The number of likely N-dealkylation sites (tertiary alicyclic amines) is 1. The number of ether oxygens (including phenoxy) is 2. The van der Waals surface area contributed by atoms with Gasteiger partial charge in [-0.2, -0.15) is 5.10 Å². The van der Waals surface area contributed by atoms with E-state index in [4.69, 9.17) is 19.2 Å². The summed E-state index contributed by atoms with van der Waals surface area (Å²) in [6.45, 7) is 4.71. The molecule has 0 spiro atoms. The molecule has 0 unspecified atom stereocenters. The quantitative estimate of drug-likeness (QED) is 0.438. The first-order valence-electron chi connectivity index (χ1n) is 11.3. The predicted octanol–water partition coefficient (Wildman–Crippen LogP) is 4.36. The minimum atomic E-state index is 0.207. The average Bonchev–Trinajstić information content (AvgIpc) is 3.62. The summed E-state index contributed by atoms with van der Waals surface area (Å²) in [6.07, 6.45) is 4.33. The fraction of sp³-hybridized carbons (Fsp3) is 0.320. The fourth-order valence-corrected chi connectivity index (χ4v) is 4.80. The van der Waals surface area contributed by atoms with Crippen LogP contribution < -0.4 is 9.47 Å². The van der Waals surface area contributed by atoms with Gasteiger partial charge < -0.3 is 9.47 Å². The Morgan fingerprint density at radius 2 is 1.88 bits per heavy atom. The normalized spacial score (nSPS) is 17.7. The molecule has 0 aliphatic carbocycles. The smallest absolute Gasteiger partial charge is 0.231 e. The highest BCUT2D eigenvalue weighted by Gasteiger charge is 2.31. The lowest BCUT2D eigenvalue weighted by molar-refractivity contribution is 0.174. The summed E-state index contributed by atoms with van der Waals surface area (Å²) in [6, 6.07) is 16.6. The van der Waals surface area contributed by atoms with E-state index in [9.17, 15) is 0 Å². The maximum absolute atomic E-state index is 5.62. The van der Waals surface area contributed by atoms with Crippen molar-refractivity contribution < 1.29 is 14.1 Å². The van der Waals surface area contributed by atoms with Crippen molar-refractivity contribution >= 4 is 0 Å². The third-order valence-corrected chi connectivity index (χ3v) is 6.41. The third kappa shape index (κ3) is 3.87. The summed E-state index contributed by atoms with van der Waals surface area (Å²) in [4.78, 5) is 2.45. The van der Waals surface area contributed by atoms with Crippen LogP contribution >= 0.6 is 0 Å². The highest BCUT2D eigenvalue weighted by molar-refractivity contribution is 5.67. The fourth-order valence-electron chi connectivity index (χ4n) is 4.80. The number of nitrogens with zero attached hydrogens (tertiary/aromatic N) is 5. The van der Waals surface area contributed by atoms with Crippen LogP contribution in [0.25, 0.3) is 11.3 Å². The Morgan fingerprint density at radius 3 is 2.73 bits per heavy atom. The van der Waals surface area contributed by atoms with Gasteiger partial charge in [0, 0.05) is 23.9 Å². The molecule has 0 radical (unpaired) electrons. The molecule has 8 heteroatoms. The topological polar surface area (TPSA) is 78.4 Å². The molecule has 4 heterocycles. The van der Waals surface area contributed by atoms with Crippen LogP contribution in [-0.2, 0) is 13.1 Å². The van der Waals surface area contributed by atoms with Crippen molar-refractivity contribution in [2.45, 2.75) is 38.9 Å². The van der Waals surface area contributed by atoms with Gasteiger partial charge in [0.2, 0.25) is 6.79 Å². The van der Waals surface area contributed by atoms with Gasteiger partial charge in [0.1, 0.15) is 11.4 Å². The molecule has 2 aliphatic heterocycles. The Labute approximate surface area is 191 Å². The van der Waals surface area contributed by atoms with Crippen molar-refractivity contribution in [1.82, 2.24) is 25.0 Å². The number of fused-ring (bicyclic) bond motifs is 1. The predicted molar refractivity (Wildman–Crippen MR) is 121 cm³/mol. The van der Waals surface area contributed by atoms with Crippen LogP contribution in [0.2, 0.25) is 0 Å². The van der Waals surface area contributed by atoms with E-state index in [0.717, 1.165) is 60.1 Å². The second-order valence-electron chi connectivity index (χ2n) is 8.62. The van der Waals surface area contributed by atoms with Crippen LogP contribution in [0.1, 0.15) is 41.4 Å². The maximum Gasteiger partial charge on any atom is 0.231 e. The van der Waals surface area contributed by atoms with E-state index < -0.39 is 0 Å². The van der Waals surface area contributed by atoms with Crippen molar-refractivity contribution in [3.8, 4) is 22.8 Å². The first-order chi connectivity index (χ1) is 16.2. The molecule has 2 aromatic carbocycles. The van der Waals surface area contributed by atoms with Crippen LogP contribution in [0.3, 0.4) is 0 Å². The first-order valence-corrected chi connectivity index (χ1v) is 11.3. The van der Waals surface area contributed by atoms with Gasteiger partial charge in [-0.3, -0.25) is 9.58 Å². The van der Waals surface area contributed by atoms with Crippen LogP contribution in [0, 0.1) is 6.92 Å². The molecular formula is C25H25N5O3. The van der Waals surface area contributed by atoms with Crippen molar-refractivity contribution in [3.05, 3.63) is 77.2 Å². The van der Waals surface area contributed by atoms with Crippen molar-refractivity contribution in [2.75, 3.05) is 13.3 Å². The lowest BCUT2D eigenvalue weighted by Gasteiger charge is -2.22. The molecule has 0 N–H and O–H groups in total. The van der Waals surface area contributed by atoms with E-state index in [2.05, 4.69) is 51.7 Å². The Hall–Kier alpha value is -3.65. The average molecular weight is 444 g/mol. The highest BCUT2D eigenvalue weighted by Crippen LogP contribution is 2.38. The zero-order chi connectivity index (χ0) is 22.2.